The van der Waals surface area contributed by atoms with Crippen LogP contribution in [0.1, 0.15) is 42.2 Å². The monoisotopic (exact) mass is 274 g/mol. The van der Waals surface area contributed by atoms with Crippen LogP contribution in [0, 0.1) is 0 Å². The second-order valence-electron chi connectivity index (χ2n) is 4.77. The highest BCUT2D eigenvalue weighted by Gasteiger charge is 2.23. The van der Waals surface area contributed by atoms with E-state index in [2.05, 4.69) is 9.59 Å². The molecule has 1 N–H and O–H groups in total. The number of fused-ring (bicyclic) bond motifs is 1. The van der Waals surface area contributed by atoms with E-state index >= 15 is 0 Å². The third kappa shape index (κ3) is 2.15. The van der Waals surface area contributed by atoms with Crippen molar-refractivity contribution in [2.75, 3.05) is 0 Å². The molecule has 19 heavy (non-hydrogen) atoms. The first-order valence-corrected chi connectivity index (χ1v) is 6.93. The molecule has 5 heteroatoms. The van der Waals surface area contributed by atoms with E-state index in [1.54, 1.807) is 0 Å². The number of aliphatic hydroxyl groups excluding tert-OH is 1. The molecule has 0 aliphatic carbocycles. The Kier molecular flexibility index (Phi) is 3.08. The van der Waals surface area contributed by atoms with Crippen LogP contribution in [0.5, 0.6) is 0 Å². The van der Waals surface area contributed by atoms with Gasteiger partial charge >= 0.3 is 0 Å². The van der Waals surface area contributed by atoms with Gasteiger partial charge in [-0.15, -0.1) is 5.10 Å². The SMILES string of the molecule is CC(C)c1nnsc1C(O)c1cc2ccccc2o1. The second-order valence-corrected chi connectivity index (χ2v) is 5.55. The molecule has 0 amide bonds. The van der Waals surface area contributed by atoms with Gasteiger partial charge in [0.25, 0.3) is 0 Å². The van der Waals surface area contributed by atoms with Crippen molar-refractivity contribution in [2.45, 2.75) is 25.9 Å². The minimum Gasteiger partial charge on any atom is -0.458 e. The fourth-order valence-electron chi connectivity index (χ4n) is 2.06. The van der Waals surface area contributed by atoms with E-state index in [0.29, 0.717) is 5.76 Å². The number of nitrogens with zero attached hydrogens (tertiary/aromatic N) is 2. The van der Waals surface area contributed by atoms with Crippen molar-refractivity contribution in [3.63, 3.8) is 0 Å². The summed E-state index contributed by atoms with van der Waals surface area (Å²) in [6.45, 7) is 4.07. The zero-order valence-corrected chi connectivity index (χ0v) is 11.5. The summed E-state index contributed by atoms with van der Waals surface area (Å²) in [5, 5.41) is 15.5. The maximum atomic E-state index is 10.4. The molecule has 3 aromatic rings. The lowest BCUT2D eigenvalue weighted by Crippen LogP contribution is -2.01. The van der Waals surface area contributed by atoms with Gasteiger partial charge in [-0.1, -0.05) is 36.5 Å². The van der Waals surface area contributed by atoms with Gasteiger partial charge in [0.1, 0.15) is 17.4 Å². The predicted octanol–water partition coefficient (Wildman–Crippen LogP) is 3.49. The molecule has 4 nitrogen and oxygen atoms in total. The number of hydrogen-bond acceptors (Lipinski definition) is 5. The third-order valence-corrected chi connectivity index (χ3v) is 3.84. The Balaban J connectivity index is 2.03. The van der Waals surface area contributed by atoms with Crippen LogP contribution in [0.3, 0.4) is 0 Å². The van der Waals surface area contributed by atoms with Crippen LogP contribution in [0.4, 0.5) is 0 Å². The lowest BCUT2D eigenvalue weighted by atomic mass is 10.1. The summed E-state index contributed by atoms with van der Waals surface area (Å²) in [6.07, 6.45) is -0.801. The van der Waals surface area contributed by atoms with Crippen LogP contribution in [0.15, 0.2) is 34.7 Å². The zero-order valence-electron chi connectivity index (χ0n) is 10.7. The first kappa shape index (κ1) is 12.3. The van der Waals surface area contributed by atoms with E-state index in [-0.39, 0.29) is 5.92 Å². The molecule has 0 aliphatic heterocycles. The van der Waals surface area contributed by atoms with E-state index in [9.17, 15) is 5.11 Å². The number of hydrogen-bond donors (Lipinski definition) is 1. The Morgan fingerprint density at radius 3 is 2.79 bits per heavy atom. The zero-order chi connectivity index (χ0) is 13.4. The summed E-state index contributed by atoms with van der Waals surface area (Å²) in [6, 6.07) is 9.57. The molecule has 2 aromatic heterocycles. The lowest BCUT2D eigenvalue weighted by molar-refractivity contribution is 0.194. The molecule has 3 rings (SSSR count). The Bertz CT molecular complexity index is 669. The quantitative estimate of drug-likeness (QED) is 0.794. The topological polar surface area (TPSA) is 59.2 Å². The van der Waals surface area contributed by atoms with Gasteiger partial charge in [-0.05, 0) is 29.6 Å². The highest BCUT2D eigenvalue weighted by atomic mass is 32.1. The molecular formula is C14H14N2O2S. The number of rotatable bonds is 3. The largest absolute Gasteiger partial charge is 0.458 e. The summed E-state index contributed by atoms with van der Waals surface area (Å²) < 4.78 is 9.62. The molecule has 0 bridgehead atoms. The Morgan fingerprint density at radius 1 is 1.26 bits per heavy atom. The van der Waals surface area contributed by atoms with Gasteiger partial charge in [-0.2, -0.15) is 0 Å². The van der Waals surface area contributed by atoms with Crippen molar-refractivity contribution in [1.29, 1.82) is 0 Å². The number of aromatic nitrogens is 2. The van der Waals surface area contributed by atoms with E-state index in [1.807, 2.05) is 44.2 Å². The predicted molar refractivity (Wildman–Crippen MR) is 74.3 cm³/mol. The van der Waals surface area contributed by atoms with E-state index in [4.69, 9.17) is 4.42 Å². The molecule has 0 radical (unpaired) electrons. The fourth-order valence-corrected chi connectivity index (χ4v) is 2.86. The molecule has 0 aliphatic rings. The van der Waals surface area contributed by atoms with E-state index in [1.165, 1.54) is 11.5 Å². The standard InChI is InChI=1S/C14H14N2O2S/c1-8(2)12-14(19-16-15-12)13(17)11-7-9-5-3-4-6-10(9)18-11/h3-8,13,17H,1-2H3. The van der Waals surface area contributed by atoms with Gasteiger partial charge in [0.2, 0.25) is 0 Å². The second kappa shape index (κ2) is 4.75. The number of para-hydroxylation sites is 1. The maximum absolute atomic E-state index is 10.4. The first-order chi connectivity index (χ1) is 9.16. The van der Waals surface area contributed by atoms with Crippen LogP contribution in [0.2, 0.25) is 0 Å². The van der Waals surface area contributed by atoms with Crippen molar-refractivity contribution >= 4 is 22.5 Å². The van der Waals surface area contributed by atoms with E-state index in [0.717, 1.165) is 21.5 Å². The number of furan rings is 1. The van der Waals surface area contributed by atoms with Crippen molar-refractivity contribution in [3.8, 4) is 0 Å². The molecule has 1 unspecified atom stereocenters. The van der Waals surface area contributed by atoms with Crippen LogP contribution in [-0.2, 0) is 0 Å². The molecule has 0 fully saturated rings. The van der Waals surface area contributed by atoms with Crippen molar-refractivity contribution in [2.24, 2.45) is 0 Å². The first-order valence-electron chi connectivity index (χ1n) is 6.15. The highest BCUT2D eigenvalue weighted by molar-refractivity contribution is 7.05. The molecule has 1 aromatic carbocycles. The highest BCUT2D eigenvalue weighted by Crippen LogP contribution is 2.33. The fraction of sp³-hybridized carbons (Fsp3) is 0.286. The molecule has 0 spiro atoms. The summed E-state index contributed by atoms with van der Waals surface area (Å²) in [5.74, 6) is 0.766. The molecule has 2 heterocycles. The number of benzene rings is 1. The average Bonchev–Trinajstić information content (AvgIpc) is 3.04. The average molecular weight is 274 g/mol. The number of aliphatic hydroxyl groups is 1. The lowest BCUT2D eigenvalue weighted by Gasteiger charge is -2.08. The van der Waals surface area contributed by atoms with Crippen molar-refractivity contribution in [3.05, 3.63) is 46.7 Å². The smallest absolute Gasteiger partial charge is 0.149 e. The summed E-state index contributed by atoms with van der Waals surface area (Å²) in [5.41, 5.74) is 1.61. The van der Waals surface area contributed by atoms with Gasteiger partial charge in [0.05, 0.1) is 10.6 Å². The van der Waals surface area contributed by atoms with Gasteiger partial charge in [0, 0.05) is 5.39 Å². The van der Waals surface area contributed by atoms with Gasteiger partial charge in [0.15, 0.2) is 0 Å². The molecule has 0 saturated heterocycles. The third-order valence-electron chi connectivity index (χ3n) is 3.05. The normalized spacial score (nSPS) is 13.3. The minimum absolute atomic E-state index is 0.229. The molecular weight excluding hydrogens is 260 g/mol. The van der Waals surface area contributed by atoms with Gasteiger partial charge in [-0.3, -0.25) is 0 Å². The summed E-state index contributed by atoms with van der Waals surface area (Å²) >= 11 is 1.22. The van der Waals surface area contributed by atoms with E-state index < -0.39 is 6.10 Å². The van der Waals surface area contributed by atoms with Crippen LogP contribution < -0.4 is 0 Å². The summed E-state index contributed by atoms with van der Waals surface area (Å²) in [7, 11) is 0. The van der Waals surface area contributed by atoms with Crippen molar-refractivity contribution in [1.82, 2.24) is 9.59 Å². The summed E-state index contributed by atoms with van der Waals surface area (Å²) in [4.78, 5) is 0.758. The Morgan fingerprint density at radius 2 is 2.05 bits per heavy atom. The Labute approximate surface area is 114 Å². The minimum atomic E-state index is -0.801. The van der Waals surface area contributed by atoms with Crippen molar-refractivity contribution < 1.29 is 9.52 Å². The van der Waals surface area contributed by atoms with Crippen LogP contribution in [0.25, 0.3) is 11.0 Å². The molecule has 98 valence electrons. The van der Waals surface area contributed by atoms with Gasteiger partial charge in [-0.25, -0.2) is 0 Å². The van der Waals surface area contributed by atoms with Crippen LogP contribution >= 0.6 is 11.5 Å². The molecule has 0 saturated carbocycles. The van der Waals surface area contributed by atoms with Gasteiger partial charge < -0.3 is 9.52 Å². The van der Waals surface area contributed by atoms with Crippen LogP contribution in [-0.4, -0.2) is 14.7 Å². The Hall–Kier alpha value is -1.72. The molecule has 1 atom stereocenters. The maximum Gasteiger partial charge on any atom is 0.149 e.